The molecule has 0 aliphatic carbocycles. The summed E-state index contributed by atoms with van der Waals surface area (Å²) in [6.07, 6.45) is 0. The van der Waals surface area contributed by atoms with Gasteiger partial charge in [-0.05, 0) is 59.7 Å². The highest BCUT2D eigenvalue weighted by atomic mass is 32.1. The molecule has 266 valence electrons. The second kappa shape index (κ2) is 12.6. The molecule has 12 rings (SSSR count). The minimum absolute atomic E-state index is 0.591. The van der Waals surface area contributed by atoms with Crippen molar-refractivity contribution in [2.45, 2.75) is 0 Å². The van der Waals surface area contributed by atoms with E-state index in [0.717, 1.165) is 61.0 Å². The van der Waals surface area contributed by atoms with Gasteiger partial charge >= 0.3 is 0 Å². The van der Waals surface area contributed by atoms with Crippen LogP contribution in [0.2, 0.25) is 0 Å². The Morgan fingerprint density at radius 1 is 0.386 bits per heavy atom. The summed E-state index contributed by atoms with van der Waals surface area (Å²) in [4.78, 5) is 15.3. The quantitative estimate of drug-likeness (QED) is 0.176. The van der Waals surface area contributed by atoms with Gasteiger partial charge in [0.15, 0.2) is 17.5 Å². The molecule has 0 bridgehead atoms. The third-order valence-corrected chi connectivity index (χ3v) is 12.2. The van der Waals surface area contributed by atoms with E-state index in [4.69, 9.17) is 19.4 Å². The molecule has 0 amide bonds. The molecule has 0 aliphatic heterocycles. The molecule has 0 spiro atoms. The Hall–Kier alpha value is -7.41. The standard InChI is InChI=1S/C51H30N4OS/c1-3-12-31(13-4-1)32-22-24-34(25-23-32)50-52-49(33-14-5-2-6-15-33)53-51(54-50)38-18-11-20-45-48(38)41-28-35(26-27-44(41)56-45)55-42-19-9-7-16-36(42)39-29-40-37-17-8-10-21-46(37)57-47(40)30-43(39)55/h1-30H. The van der Waals surface area contributed by atoms with Crippen LogP contribution in [0.1, 0.15) is 0 Å². The van der Waals surface area contributed by atoms with Gasteiger partial charge in [0.1, 0.15) is 11.2 Å². The minimum Gasteiger partial charge on any atom is -0.456 e. The number of hydrogen-bond donors (Lipinski definition) is 0. The molecule has 0 saturated carbocycles. The first kappa shape index (κ1) is 31.9. The average molecular weight is 747 g/mol. The molecule has 0 N–H and O–H groups in total. The molecule has 0 saturated heterocycles. The van der Waals surface area contributed by atoms with Gasteiger partial charge in [0, 0.05) is 64.1 Å². The Kier molecular flexibility index (Phi) is 7.03. The largest absolute Gasteiger partial charge is 0.456 e. The lowest BCUT2D eigenvalue weighted by Gasteiger charge is -2.10. The second-order valence-corrected chi connectivity index (χ2v) is 15.5. The van der Waals surface area contributed by atoms with Crippen LogP contribution in [0, 0.1) is 0 Å². The molecule has 4 aromatic heterocycles. The summed E-state index contributed by atoms with van der Waals surface area (Å²) >= 11 is 1.85. The normalized spacial score (nSPS) is 11.9. The average Bonchev–Trinajstić information content (AvgIpc) is 3.95. The van der Waals surface area contributed by atoms with E-state index >= 15 is 0 Å². The first-order valence-electron chi connectivity index (χ1n) is 19.0. The highest BCUT2D eigenvalue weighted by Gasteiger charge is 2.20. The Labute approximate surface area is 330 Å². The summed E-state index contributed by atoms with van der Waals surface area (Å²) in [6, 6.07) is 63.7. The van der Waals surface area contributed by atoms with E-state index < -0.39 is 0 Å². The van der Waals surface area contributed by atoms with Crippen LogP contribution in [0.5, 0.6) is 0 Å². The molecule has 57 heavy (non-hydrogen) atoms. The van der Waals surface area contributed by atoms with Gasteiger partial charge in [-0.2, -0.15) is 0 Å². The van der Waals surface area contributed by atoms with E-state index in [1.807, 2.05) is 59.9 Å². The van der Waals surface area contributed by atoms with Crippen LogP contribution >= 0.6 is 11.3 Å². The molecule has 0 unspecified atom stereocenters. The zero-order valence-corrected chi connectivity index (χ0v) is 31.2. The lowest BCUT2D eigenvalue weighted by molar-refractivity contribution is 0.669. The van der Waals surface area contributed by atoms with Gasteiger partial charge in [-0.15, -0.1) is 11.3 Å². The van der Waals surface area contributed by atoms with Crippen molar-refractivity contribution in [2.75, 3.05) is 0 Å². The van der Waals surface area contributed by atoms with Crippen LogP contribution in [0.3, 0.4) is 0 Å². The van der Waals surface area contributed by atoms with E-state index in [1.165, 1.54) is 36.5 Å². The Balaban J connectivity index is 1.06. The molecule has 12 aromatic rings. The minimum atomic E-state index is 0.591. The summed E-state index contributed by atoms with van der Waals surface area (Å²) in [6.45, 7) is 0. The van der Waals surface area contributed by atoms with Crippen molar-refractivity contribution >= 4 is 75.3 Å². The Bertz CT molecular complexity index is 3510. The summed E-state index contributed by atoms with van der Waals surface area (Å²) in [7, 11) is 0. The third-order valence-electron chi connectivity index (χ3n) is 11.1. The van der Waals surface area contributed by atoms with Gasteiger partial charge in [-0.3, -0.25) is 0 Å². The first-order chi connectivity index (χ1) is 28.2. The number of aromatic nitrogens is 4. The molecule has 5 nitrogen and oxygen atoms in total. The van der Waals surface area contributed by atoms with Crippen LogP contribution in [0.25, 0.3) is 115 Å². The van der Waals surface area contributed by atoms with Crippen LogP contribution in [-0.4, -0.2) is 19.5 Å². The van der Waals surface area contributed by atoms with Crippen molar-refractivity contribution in [1.82, 2.24) is 19.5 Å². The first-order valence-corrected chi connectivity index (χ1v) is 19.8. The van der Waals surface area contributed by atoms with Crippen LogP contribution in [0.15, 0.2) is 186 Å². The third kappa shape index (κ3) is 5.12. The number of rotatable bonds is 5. The van der Waals surface area contributed by atoms with Gasteiger partial charge in [0.05, 0.1) is 11.0 Å². The fraction of sp³-hybridized carbons (Fsp3) is 0. The van der Waals surface area contributed by atoms with Crippen LogP contribution in [0.4, 0.5) is 0 Å². The number of thiophene rings is 1. The van der Waals surface area contributed by atoms with Crippen molar-refractivity contribution in [3.05, 3.63) is 182 Å². The van der Waals surface area contributed by atoms with Gasteiger partial charge in [-0.25, -0.2) is 15.0 Å². The number of furan rings is 1. The van der Waals surface area contributed by atoms with Gasteiger partial charge in [-0.1, -0.05) is 133 Å². The van der Waals surface area contributed by atoms with Crippen molar-refractivity contribution in [1.29, 1.82) is 0 Å². The number of hydrogen-bond acceptors (Lipinski definition) is 5. The highest BCUT2D eigenvalue weighted by Crippen LogP contribution is 2.42. The summed E-state index contributed by atoms with van der Waals surface area (Å²) in [5.41, 5.74) is 10.0. The maximum Gasteiger partial charge on any atom is 0.164 e. The topological polar surface area (TPSA) is 56.7 Å². The van der Waals surface area contributed by atoms with Crippen molar-refractivity contribution in [2.24, 2.45) is 0 Å². The Morgan fingerprint density at radius 3 is 1.84 bits per heavy atom. The molecule has 8 aromatic carbocycles. The molecular weight excluding hydrogens is 717 g/mol. The van der Waals surface area contributed by atoms with Gasteiger partial charge in [0.25, 0.3) is 0 Å². The molecule has 6 heteroatoms. The zero-order chi connectivity index (χ0) is 37.5. The predicted molar refractivity (Wildman–Crippen MR) is 236 cm³/mol. The molecule has 0 radical (unpaired) electrons. The van der Waals surface area contributed by atoms with E-state index in [1.54, 1.807) is 0 Å². The zero-order valence-electron chi connectivity index (χ0n) is 30.4. The fourth-order valence-corrected chi connectivity index (χ4v) is 9.51. The lowest BCUT2D eigenvalue weighted by Crippen LogP contribution is -2.00. The monoisotopic (exact) mass is 746 g/mol. The van der Waals surface area contributed by atoms with Crippen LogP contribution in [-0.2, 0) is 0 Å². The molecule has 0 fully saturated rings. The van der Waals surface area contributed by atoms with E-state index in [2.05, 4.69) is 138 Å². The number of fused-ring (bicyclic) bond motifs is 9. The van der Waals surface area contributed by atoms with Crippen molar-refractivity contribution in [3.8, 4) is 51.0 Å². The van der Waals surface area contributed by atoms with E-state index in [9.17, 15) is 0 Å². The lowest BCUT2D eigenvalue weighted by atomic mass is 10.0. The van der Waals surface area contributed by atoms with Gasteiger partial charge < -0.3 is 8.98 Å². The molecule has 0 atom stereocenters. The smallest absolute Gasteiger partial charge is 0.164 e. The van der Waals surface area contributed by atoms with Gasteiger partial charge in [0.2, 0.25) is 0 Å². The summed E-state index contributed by atoms with van der Waals surface area (Å²) in [5.74, 6) is 1.82. The number of para-hydroxylation sites is 1. The summed E-state index contributed by atoms with van der Waals surface area (Å²) < 4.78 is 11.5. The van der Waals surface area contributed by atoms with E-state index in [0.29, 0.717) is 17.5 Å². The SMILES string of the molecule is c1ccc(-c2ccc(-c3nc(-c4ccccc4)nc(-c4cccc5oc6ccc(-n7c8ccccc8c8cc9c(cc87)sc7ccccc79)cc6c45)n3)cc2)cc1. The Morgan fingerprint density at radius 2 is 1.04 bits per heavy atom. The van der Waals surface area contributed by atoms with Crippen LogP contribution < -0.4 is 0 Å². The molecule has 0 aliphatic rings. The maximum absolute atomic E-state index is 6.56. The van der Waals surface area contributed by atoms with E-state index in [-0.39, 0.29) is 0 Å². The number of nitrogens with zero attached hydrogens (tertiary/aromatic N) is 4. The summed E-state index contributed by atoms with van der Waals surface area (Å²) in [5, 5.41) is 7.04. The molecule has 4 heterocycles. The van der Waals surface area contributed by atoms with Crippen molar-refractivity contribution in [3.63, 3.8) is 0 Å². The van der Waals surface area contributed by atoms with Crippen molar-refractivity contribution < 1.29 is 4.42 Å². The fourth-order valence-electron chi connectivity index (χ4n) is 8.39. The number of benzene rings is 8. The molecular formula is C51H30N4OS. The predicted octanol–water partition coefficient (Wildman–Crippen LogP) is 13.9. The maximum atomic E-state index is 6.56. The highest BCUT2D eigenvalue weighted by molar-refractivity contribution is 7.25. The second-order valence-electron chi connectivity index (χ2n) is 14.4.